The summed E-state index contributed by atoms with van der Waals surface area (Å²) in [6.45, 7) is 1.86. The van der Waals surface area contributed by atoms with Crippen molar-refractivity contribution in [2.24, 2.45) is 0 Å². The van der Waals surface area contributed by atoms with Gasteiger partial charge in [-0.3, -0.25) is 14.2 Å². The van der Waals surface area contributed by atoms with E-state index in [2.05, 4.69) is 0 Å². The molecule has 4 rings (SSSR count). The Morgan fingerprint density at radius 2 is 1.62 bits per heavy atom. The fraction of sp³-hybridized carbons (Fsp3) is 0.200. The summed E-state index contributed by atoms with van der Waals surface area (Å²) in [6.07, 6.45) is 3.29. The van der Waals surface area contributed by atoms with Gasteiger partial charge in [-0.2, -0.15) is 0 Å². The highest BCUT2D eigenvalue weighted by Crippen LogP contribution is 2.22. The van der Waals surface area contributed by atoms with Gasteiger partial charge in [0, 0.05) is 38.4 Å². The van der Waals surface area contributed by atoms with Crippen LogP contribution in [0.2, 0.25) is 0 Å². The van der Waals surface area contributed by atoms with Crippen molar-refractivity contribution in [1.29, 1.82) is 0 Å². The normalized spacial score (nSPS) is 14.4. The Balaban J connectivity index is 1.60. The van der Waals surface area contributed by atoms with Gasteiger partial charge in [0.2, 0.25) is 0 Å². The number of pyridine rings is 1. The Bertz CT molecular complexity index is 1180. The maximum absolute atomic E-state index is 14.1. The van der Waals surface area contributed by atoms with Crippen LogP contribution in [-0.2, 0) is 4.79 Å². The average Bonchev–Trinajstić information content (AvgIpc) is 2.83. The lowest BCUT2D eigenvalue weighted by Crippen LogP contribution is -2.49. The lowest BCUT2D eigenvalue weighted by molar-refractivity contribution is -0.125. The number of benzene rings is 2. The molecule has 0 radical (unpaired) electrons. The van der Waals surface area contributed by atoms with E-state index in [1.165, 1.54) is 16.7 Å². The zero-order valence-electron chi connectivity index (χ0n) is 17.8. The van der Waals surface area contributed by atoms with Crippen LogP contribution in [-0.4, -0.2) is 48.7 Å². The van der Waals surface area contributed by atoms with E-state index in [0.29, 0.717) is 37.6 Å². The van der Waals surface area contributed by atoms with Gasteiger partial charge in [0.1, 0.15) is 17.3 Å². The number of hydrogen-bond acceptors (Lipinski definition) is 4. The van der Waals surface area contributed by atoms with E-state index in [1.807, 2.05) is 17.0 Å². The van der Waals surface area contributed by atoms with Gasteiger partial charge >= 0.3 is 0 Å². The quantitative estimate of drug-likeness (QED) is 0.579. The number of hydrogen-bond donors (Lipinski definition) is 0. The molecule has 164 valence electrons. The van der Waals surface area contributed by atoms with E-state index in [-0.39, 0.29) is 23.0 Å². The van der Waals surface area contributed by atoms with Crippen molar-refractivity contribution >= 4 is 23.4 Å². The molecule has 0 N–H and O–H groups in total. The molecule has 0 atom stereocenters. The summed E-state index contributed by atoms with van der Waals surface area (Å²) in [6, 6.07) is 18.7. The van der Waals surface area contributed by atoms with Crippen LogP contribution in [0.1, 0.15) is 5.56 Å². The summed E-state index contributed by atoms with van der Waals surface area (Å²) in [5, 5.41) is 0. The molecule has 1 aliphatic rings. The monoisotopic (exact) mass is 433 g/mol. The van der Waals surface area contributed by atoms with Crippen LogP contribution in [0.25, 0.3) is 11.8 Å². The predicted octanol–water partition coefficient (Wildman–Crippen LogP) is 3.34. The van der Waals surface area contributed by atoms with Gasteiger partial charge < -0.3 is 14.5 Å². The molecule has 32 heavy (non-hydrogen) atoms. The number of carbonyl (C=O) groups is 1. The number of carbonyl (C=O) groups excluding carboxylic acids is 1. The molecular formula is C25H24FN3O3. The first-order chi connectivity index (χ1) is 15.6. The Hall–Kier alpha value is -3.87. The molecule has 0 saturated carbocycles. The summed E-state index contributed by atoms with van der Waals surface area (Å²) in [5.41, 5.74) is 1.29. The van der Waals surface area contributed by atoms with E-state index in [4.69, 9.17) is 4.74 Å². The molecule has 2 aromatic carbocycles. The fourth-order valence-corrected chi connectivity index (χ4v) is 3.74. The molecule has 0 unspecified atom stereocenters. The van der Waals surface area contributed by atoms with Crippen molar-refractivity contribution in [2.75, 3.05) is 38.2 Å². The average molecular weight is 433 g/mol. The summed E-state index contributed by atoms with van der Waals surface area (Å²) in [7, 11) is 1.59. The zero-order valence-corrected chi connectivity index (χ0v) is 17.8. The van der Waals surface area contributed by atoms with Crippen LogP contribution in [0.4, 0.5) is 10.1 Å². The van der Waals surface area contributed by atoms with E-state index >= 15 is 0 Å². The number of aromatic nitrogens is 1. The first-order valence-electron chi connectivity index (χ1n) is 10.4. The Labute approximate surface area is 185 Å². The molecule has 2 heterocycles. The largest absolute Gasteiger partial charge is 0.497 e. The standard InChI is InChI=1S/C25H24FN3O3/c1-32-20-11-9-19(10-12-20)18-23(29-13-5-4-8-24(29)30)25(31)28-16-14-27(15-17-28)22-7-3-2-6-21(22)26/h2-13,18H,14-17H2,1H3/b23-18+. The minimum atomic E-state index is -0.286. The van der Waals surface area contributed by atoms with Gasteiger partial charge in [-0.15, -0.1) is 0 Å². The molecule has 0 bridgehead atoms. The van der Waals surface area contributed by atoms with Crippen molar-refractivity contribution < 1.29 is 13.9 Å². The summed E-state index contributed by atoms with van der Waals surface area (Å²) >= 11 is 0. The van der Waals surface area contributed by atoms with Gasteiger partial charge in [-0.1, -0.05) is 30.3 Å². The topological polar surface area (TPSA) is 54.8 Å². The SMILES string of the molecule is COc1ccc(/C=C(\C(=O)N2CCN(c3ccccc3F)CC2)n2ccccc2=O)cc1. The minimum Gasteiger partial charge on any atom is -0.497 e. The highest BCUT2D eigenvalue weighted by atomic mass is 19.1. The highest BCUT2D eigenvalue weighted by Gasteiger charge is 2.26. The third-order valence-electron chi connectivity index (χ3n) is 5.48. The van der Waals surface area contributed by atoms with Gasteiger partial charge in [0.15, 0.2) is 0 Å². The Kier molecular flexibility index (Phi) is 6.35. The van der Waals surface area contributed by atoms with E-state index in [0.717, 1.165) is 5.56 Å². The zero-order chi connectivity index (χ0) is 22.5. The lowest BCUT2D eigenvalue weighted by atomic mass is 10.1. The Morgan fingerprint density at radius 1 is 0.938 bits per heavy atom. The van der Waals surface area contributed by atoms with Crippen molar-refractivity contribution in [3.05, 3.63) is 94.7 Å². The summed E-state index contributed by atoms with van der Waals surface area (Å²) in [5.74, 6) is 0.182. The van der Waals surface area contributed by atoms with Gasteiger partial charge in [0.05, 0.1) is 12.8 Å². The van der Waals surface area contributed by atoms with Crippen molar-refractivity contribution in [3.63, 3.8) is 0 Å². The van der Waals surface area contributed by atoms with E-state index in [1.54, 1.807) is 66.7 Å². The number of amides is 1. The second kappa shape index (κ2) is 9.51. The number of ether oxygens (including phenoxy) is 1. The number of piperazine rings is 1. The summed E-state index contributed by atoms with van der Waals surface area (Å²) in [4.78, 5) is 29.6. The van der Waals surface area contributed by atoms with Crippen molar-refractivity contribution in [3.8, 4) is 5.75 Å². The molecule has 7 heteroatoms. The van der Waals surface area contributed by atoms with Crippen LogP contribution in [0.5, 0.6) is 5.75 Å². The van der Waals surface area contributed by atoms with E-state index < -0.39 is 0 Å². The van der Waals surface area contributed by atoms with Crippen molar-refractivity contribution in [1.82, 2.24) is 9.47 Å². The number of anilines is 1. The maximum Gasteiger partial charge on any atom is 0.271 e. The lowest BCUT2D eigenvalue weighted by Gasteiger charge is -2.36. The first kappa shape index (κ1) is 21.4. The molecule has 1 aromatic heterocycles. The van der Waals surface area contributed by atoms with Gasteiger partial charge in [-0.25, -0.2) is 4.39 Å². The third-order valence-corrected chi connectivity index (χ3v) is 5.48. The molecule has 0 spiro atoms. The number of rotatable bonds is 5. The molecule has 1 fully saturated rings. The van der Waals surface area contributed by atoms with Gasteiger partial charge in [-0.05, 0) is 42.0 Å². The number of nitrogens with zero attached hydrogens (tertiary/aromatic N) is 3. The molecule has 6 nitrogen and oxygen atoms in total. The van der Waals surface area contributed by atoms with Crippen LogP contribution >= 0.6 is 0 Å². The summed E-state index contributed by atoms with van der Waals surface area (Å²) < 4.78 is 20.7. The van der Waals surface area contributed by atoms with Crippen LogP contribution in [0.15, 0.2) is 77.7 Å². The molecule has 1 aliphatic heterocycles. The second-order valence-electron chi connectivity index (χ2n) is 7.44. The number of para-hydroxylation sites is 1. The highest BCUT2D eigenvalue weighted by molar-refractivity contribution is 6.18. The van der Waals surface area contributed by atoms with Crippen molar-refractivity contribution in [2.45, 2.75) is 0 Å². The van der Waals surface area contributed by atoms with Crippen LogP contribution in [0.3, 0.4) is 0 Å². The van der Waals surface area contributed by atoms with Crippen LogP contribution in [0, 0.1) is 5.82 Å². The minimum absolute atomic E-state index is 0.248. The molecule has 3 aromatic rings. The molecule has 1 amide bonds. The smallest absolute Gasteiger partial charge is 0.271 e. The fourth-order valence-electron chi connectivity index (χ4n) is 3.74. The second-order valence-corrected chi connectivity index (χ2v) is 7.44. The third kappa shape index (κ3) is 4.56. The Morgan fingerprint density at radius 3 is 2.28 bits per heavy atom. The molecule has 1 saturated heterocycles. The van der Waals surface area contributed by atoms with Gasteiger partial charge in [0.25, 0.3) is 11.5 Å². The molecule has 0 aliphatic carbocycles. The number of methoxy groups -OCH3 is 1. The maximum atomic E-state index is 14.1. The number of halogens is 1. The molecular weight excluding hydrogens is 409 g/mol. The first-order valence-corrected chi connectivity index (χ1v) is 10.4. The van der Waals surface area contributed by atoms with E-state index in [9.17, 15) is 14.0 Å². The van der Waals surface area contributed by atoms with Crippen LogP contribution < -0.4 is 15.2 Å². The predicted molar refractivity (Wildman–Crippen MR) is 123 cm³/mol.